The van der Waals surface area contributed by atoms with Crippen molar-refractivity contribution in [3.8, 4) is 23.5 Å². The largest absolute Gasteiger partial charge is 0.424 e. The van der Waals surface area contributed by atoms with Crippen LogP contribution in [0.1, 0.15) is 153 Å². The monoisotopic (exact) mass is 635 g/mol. The van der Waals surface area contributed by atoms with E-state index < -0.39 is 0 Å². The van der Waals surface area contributed by atoms with Crippen molar-refractivity contribution in [2.75, 3.05) is 0 Å². The topological polar surface area (TPSA) is 57.1 Å². The Bertz CT molecular complexity index is 1100. The minimum Gasteiger partial charge on any atom is -0.424 e. The molecule has 0 aliphatic rings. The van der Waals surface area contributed by atoms with E-state index in [9.17, 15) is 0 Å². The molecule has 45 heavy (non-hydrogen) atoms. The highest BCUT2D eigenvalue weighted by Crippen LogP contribution is 2.26. The van der Waals surface area contributed by atoms with Crippen LogP contribution in [0.5, 0.6) is 23.5 Å². The molecule has 0 bridgehead atoms. The van der Waals surface area contributed by atoms with Gasteiger partial charge in [-0.1, -0.05) is 154 Å². The fourth-order valence-electron chi connectivity index (χ4n) is 5.78. The number of halogens is 1. The van der Waals surface area contributed by atoms with Gasteiger partial charge in [-0.3, -0.25) is 0 Å². The molecule has 0 unspecified atom stereocenters. The second-order valence-electron chi connectivity index (χ2n) is 12.5. The number of aryl methyl sites for hydroxylation is 2. The Kier molecular flexibility index (Phi) is 19.3. The van der Waals surface area contributed by atoms with Gasteiger partial charge in [0, 0.05) is 0 Å². The molecule has 1 aromatic heterocycles. The third kappa shape index (κ3) is 17.0. The third-order valence-electron chi connectivity index (χ3n) is 8.42. The zero-order valence-corrected chi connectivity index (χ0v) is 29.0. The van der Waals surface area contributed by atoms with E-state index in [4.69, 9.17) is 21.1 Å². The normalized spacial score (nSPS) is 11.2. The van der Waals surface area contributed by atoms with Gasteiger partial charge in [0.05, 0.1) is 0 Å². The summed E-state index contributed by atoms with van der Waals surface area (Å²) in [6.07, 6.45) is 28.8. The molecule has 3 rings (SSSR count). The molecular formula is C39H58ClN3O2. The number of hydrogen-bond acceptors (Lipinski definition) is 5. The highest BCUT2D eigenvalue weighted by atomic mass is 35.5. The highest BCUT2D eigenvalue weighted by molar-refractivity contribution is 6.28. The smallest absolute Gasteiger partial charge is 0.329 e. The van der Waals surface area contributed by atoms with Gasteiger partial charge in [-0.05, 0) is 72.7 Å². The van der Waals surface area contributed by atoms with Crippen molar-refractivity contribution in [2.24, 2.45) is 0 Å². The van der Waals surface area contributed by atoms with E-state index in [2.05, 4.69) is 53.1 Å². The van der Waals surface area contributed by atoms with Gasteiger partial charge in [-0.15, -0.1) is 4.98 Å². The molecule has 0 atom stereocenters. The first-order valence-corrected chi connectivity index (χ1v) is 18.5. The molecule has 1 heterocycles. The number of ether oxygens (including phenoxy) is 2. The molecule has 0 aliphatic carbocycles. The fraction of sp³-hybridized carbons (Fsp3) is 0.615. The van der Waals surface area contributed by atoms with Crippen LogP contribution < -0.4 is 9.47 Å². The average molecular weight is 636 g/mol. The van der Waals surface area contributed by atoms with Gasteiger partial charge >= 0.3 is 12.0 Å². The molecule has 0 fully saturated rings. The maximum atomic E-state index is 6.23. The lowest BCUT2D eigenvalue weighted by atomic mass is 10.0. The first-order valence-electron chi connectivity index (χ1n) is 18.1. The minimum absolute atomic E-state index is 0.0398. The zero-order valence-electron chi connectivity index (χ0n) is 28.2. The van der Waals surface area contributed by atoms with Gasteiger partial charge in [0.1, 0.15) is 11.5 Å². The summed E-state index contributed by atoms with van der Waals surface area (Å²) in [6, 6.07) is 16.5. The van der Waals surface area contributed by atoms with Crippen LogP contribution in [0.3, 0.4) is 0 Å². The van der Waals surface area contributed by atoms with Crippen molar-refractivity contribution in [1.29, 1.82) is 0 Å². The molecule has 0 aliphatic heterocycles. The number of aromatic nitrogens is 3. The third-order valence-corrected chi connectivity index (χ3v) is 8.59. The first kappa shape index (κ1) is 36.8. The summed E-state index contributed by atoms with van der Waals surface area (Å²) in [5.74, 6) is 1.37. The number of unbranched alkanes of at least 4 members (excludes halogenated alkanes) is 18. The fourth-order valence-corrected chi connectivity index (χ4v) is 5.92. The Morgan fingerprint density at radius 2 is 0.822 bits per heavy atom. The maximum Gasteiger partial charge on any atom is 0.329 e. The Morgan fingerprint density at radius 3 is 1.20 bits per heavy atom. The quantitative estimate of drug-likeness (QED) is 0.0821. The van der Waals surface area contributed by atoms with Crippen LogP contribution in [-0.2, 0) is 12.8 Å². The first-order chi connectivity index (χ1) is 22.2. The van der Waals surface area contributed by atoms with Crippen LogP contribution in [0.25, 0.3) is 0 Å². The molecule has 3 aromatic rings. The molecule has 0 radical (unpaired) electrons. The number of rotatable bonds is 26. The number of hydrogen-bond donors (Lipinski definition) is 0. The number of benzene rings is 2. The van der Waals surface area contributed by atoms with E-state index in [1.54, 1.807) is 0 Å². The SMILES string of the molecule is CCCCCCCCCCCCc1cccc(Oc2nc(Cl)nc(Oc3cccc(CCCCCCCCCCCC)c3)n2)c1. The summed E-state index contributed by atoms with van der Waals surface area (Å²) in [5, 5.41) is 0.0398. The number of nitrogens with zero attached hydrogens (tertiary/aromatic N) is 3. The standard InChI is InChI=1S/C39H58ClN3O2/c1-3-5-7-9-11-13-15-17-19-21-25-33-27-23-29-35(31-33)44-38-41-37(40)42-39(43-38)45-36-30-24-28-34(32-36)26-22-20-18-16-14-12-10-8-6-4-2/h23-24,27-32H,3-22,25-26H2,1-2H3. The van der Waals surface area contributed by atoms with Gasteiger partial charge in [0.25, 0.3) is 0 Å². The van der Waals surface area contributed by atoms with E-state index >= 15 is 0 Å². The van der Waals surface area contributed by atoms with Crippen molar-refractivity contribution in [3.05, 3.63) is 64.9 Å². The molecule has 0 spiro atoms. The summed E-state index contributed by atoms with van der Waals surface area (Å²) in [4.78, 5) is 12.7. The van der Waals surface area contributed by atoms with E-state index in [1.807, 2.05) is 24.3 Å². The van der Waals surface area contributed by atoms with Gasteiger partial charge in [-0.25, -0.2) is 0 Å². The summed E-state index contributed by atoms with van der Waals surface area (Å²) in [5.41, 5.74) is 2.51. The van der Waals surface area contributed by atoms with Crippen LogP contribution in [-0.4, -0.2) is 15.0 Å². The summed E-state index contributed by atoms with van der Waals surface area (Å²) in [6.45, 7) is 4.55. The molecular weight excluding hydrogens is 578 g/mol. The van der Waals surface area contributed by atoms with Crippen molar-refractivity contribution >= 4 is 11.6 Å². The Morgan fingerprint density at radius 1 is 0.467 bits per heavy atom. The molecule has 2 aromatic carbocycles. The Balaban J connectivity index is 1.39. The lowest BCUT2D eigenvalue weighted by Crippen LogP contribution is -1.99. The summed E-state index contributed by atoms with van der Waals surface area (Å²) < 4.78 is 12.0. The predicted octanol–water partition coefficient (Wildman–Crippen LogP) is 13.0. The van der Waals surface area contributed by atoms with Gasteiger partial charge in [-0.2, -0.15) is 9.97 Å². The van der Waals surface area contributed by atoms with E-state index in [1.165, 1.54) is 140 Å². The second kappa shape index (κ2) is 23.6. The molecule has 0 N–H and O–H groups in total. The minimum atomic E-state index is 0.0398. The second-order valence-corrected chi connectivity index (χ2v) is 12.9. The van der Waals surface area contributed by atoms with Gasteiger partial charge in [0.2, 0.25) is 5.28 Å². The van der Waals surface area contributed by atoms with E-state index in [0.29, 0.717) is 11.5 Å². The van der Waals surface area contributed by atoms with Crippen LogP contribution in [0, 0.1) is 0 Å². The van der Waals surface area contributed by atoms with Crippen molar-refractivity contribution < 1.29 is 9.47 Å². The summed E-state index contributed by atoms with van der Waals surface area (Å²) >= 11 is 6.23. The van der Waals surface area contributed by atoms with Gasteiger partial charge in [0.15, 0.2) is 0 Å². The van der Waals surface area contributed by atoms with E-state index in [0.717, 1.165) is 12.8 Å². The van der Waals surface area contributed by atoms with Crippen LogP contribution in [0.4, 0.5) is 0 Å². The van der Waals surface area contributed by atoms with Crippen LogP contribution in [0.15, 0.2) is 48.5 Å². The Hall–Kier alpha value is -2.66. The van der Waals surface area contributed by atoms with Crippen LogP contribution in [0.2, 0.25) is 5.28 Å². The van der Waals surface area contributed by atoms with E-state index in [-0.39, 0.29) is 17.3 Å². The molecule has 5 nitrogen and oxygen atoms in total. The lowest BCUT2D eigenvalue weighted by molar-refractivity contribution is 0.397. The van der Waals surface area contributed by atoms with Gasteiger partial charge < -0.3 is 9.47 Å². The highest BCUT2D eigenvalue weighted by Gasteiger charge is 2.11. The van der Waals surface area contributed by atoms with Crippen molar-refractivity contribution in [3.63, 3.8) is 0 Å². The average Bonchev–Trinajstić information content (AvgIpc) is 3.03. The molecule has 248 valence electrons. The predicted molar refractivity (Wildman–Crippen MR) is 189 cm³/mol. The van der Waals surface area contributed by atoms with Crippen molar-refractivity contribution in [1.82, 2.24) is 15.0 Å². The molecule has 0 saturated heterocycles. The Labute approximate surface area is 278 Å². The molecule has 6 heteroatoms. The maximum absolute atomic E-state index is 6.23. The zero-order chi connectivity index (χ0) is 31.8. The van der Waals surface area contributed by atoms with Crippen LogP contribution >= 0.6 is 11.6 Å². The molecule has 0 amide bonds. The summed E-state index contributed by atoms with van der Waals surface area (Å²) in [7, 11) is 0. The molecule has 0 saturated carbocycles. The van der Waals surface area contributed by atoms with Crippen molar-refractivity contribution in [2.45, 2.75) is 155 Å². The lowest BCUT2D eigenvalue weighted by Gasteiger charge is -2.09.